The minimum absolute atomic E-state index is 0.0793. The van der Waals surface area contributed by atoms with Crippen molar-refractivity contribution in [3.05, 3.63) is 40.6 Å². The number of hydrogen-bond donors (Lipinski definition) is 1. The maximum atomic E-state index is 13.1. The molecule has 2 aromatic rings. The van der Waals surface area contributed by atoms with Gasteiger partial charge in [0.1, 0.15) is 5.75 Å². The minimum atomic E-state index is -4.56. The Morgan fingerprint density at radius 2 is 2.00 bits per heavy atom. The van der Waals surface area contributed by atoms with E-state index in [1.165, 1.54) is 7.11 Å². The van der Waals surface area contributed by atoms with Gasteiger partial charge in [0.25, 0.3) is 0 Å². The van der Waals surface area contributed by atoms with Gasteiger partial charge in [-0.25, -0.2) is 0 Å². The first kappa shape index (κ1) is 21.5. The van der Waals surface area contributed by atoms with E-state index in [1.54, 1.807) is 0 Å². The summed E-state index contributed by atoms with van der Waals surface area (Å²) in [5.74, 6) is 0.0303. The van der Waals surface area contributed by atoms with Crippen LogP contribution in [0.5, 0.6) is 5.75 Å². The summed E-state index contributed by atoms with van der Waals surface area (Å²) in [4.78, 5) is 2.31. The summed E-state index contributed by atoms with van der Waals surface area (Å²) in [5.41, 5.74) is 1.51. The van der Waals surface area contributed by atoms with Gasteiger partial charge in [-0.3, -0.25) is 0 Å². The number of halogens is 3. The van der Waals surface area contributed by atoms with E-state index >= 15 is 0 Å². The molecule has 29 heavy (non-hydrogen) atoms. The zero-order valence-corrected chi connectivity index (χ0v) is 16.9. The summed E-state index contributed by atoms with van der Waals surface area (Å²) in [6.07, 6.45) is -1.45. The molecule has 0 saturated carbocycles. The average Bonchev–Trinajstić information content (AvgIpc) is 2.62. The Hall–Kier alpha value is -2.19. The molecule has 0 amide bonds. The van der Waals surface area contributed by atoms with Crippen molar-refractivity contribution in [3.63, 3.8) is 0 Å². The van der Waals surface area contributed by atoms with Crippen molar-refractivity contribution in [2.45, 2.75) is 39.0 Å². The second kappa shape index (κ2) is 8.67. The van der Waals surface area contributed by atoms with Crippen molar-refractivity contribution in [1.29, 1.82) is 0 Å². The van der Waals surface area contributed by atoms with E-state index in [4.69, 9.17) is 4.74 Å². The SMILES string of the molecule is COCc1cc(C(F)(F)F)cc(O)c1-c1nnc(C[C@@H]2CCCN(C)C2)cc1C. The molecule has 0 unspecified atom stereocenters. The van der Waals surface area contributed by atoms with Crippen LogP contribution in [0.1, 0.15) is 35.2 Å². The monoisotopic (exact) mass is 409 g/mol. The summed E-state index contributed by atoms with van der Waals surface area (Å²) in [7, 11) is 3.50. The molecule has 1 aromatic heterocycles. The molecule has 1 fully saturated rings. The van der Waals surface area contributed by atoms with E-state index in [0.717, 1.165) is 55.7 Å². The highest BCUT2D eigenvalue weighted by Crippen LogP contribution is 2.40. The Bertz CT molecular complexity index is 871. The summed E-state index contributed by atoms with van der Waals surface area (Å²) in [5, 5.41) is 18.9. The molecule has 1 aromatic carbocycles. The predicted octanol–water partition coefficient (Wildman–Crippen LogP) is 4.21. The topological polar surface area (TPSA) is 58.5 Å². The van der Waals surface area contributed by atoms with E-state index in [9.17, 15) is 18.3 Å². The van der Waals surface area contributed by atoms with Crippen LogP contribution in [0.15, 0.2) is 18.2 Å². The number of likely N-dealkylation sites (tertiary alicyclic amines) is 1. The third-order valence-electron chi connectivity index (χ3n) is 5.32. The van der Waals surface area contributed by atoms with Gasteiger partial charge in [-0.1, -0.05) is 0 Å². The van der Waals surface area contributed by atoms with Crippen molar-refractivity contribution in [2.24, 2.45) is 5.92 Å². The first-order valence-corrected chi connectivity index (χ1v) is 9.63. The van der Waals surface area contributed by atoms with Crippen LogP contribution in [0.4, 0.5) is 13.2 Å². The Kier molecular flexibility index (Phi) is 6.43. The van der Waals surface area contributed by atoms with Crippen molar-refractivity contribution >= 4 is 0 Å². The molecular formula is C21H26F3N3O2. The Labute approximate surface area is 168 Å². The lowest BCUT2D eigenvalue weighted by Gasteiger charge is -2.29. The van der Waals surface area contributed by atoms with Crippen molar-refractivity contribution < 1.29 is 23.0 Å². The number of rotatable bonds is 5. The van der Waals surface area contributed by atoms with Gasteiger partial charge < -0.3 is 14.7 Å². The number of piperidine rings is 1. The lowest BCUT2D eigenvalue weighted by molar-refractivity contribution is -0.137. The molecule has 1 aliphatic heterocycles. The van der Waals surface area contributed by atoms with Crippen LogP contribution in [0, 0.1) is 12.8 Å². The molecule has 1 saturated heterocycles. The molecule has 3 rings (SSSR count). The Morgan fingerprint density at radius 1 is 1.24 bits per heavy atom. The van der Waals surface area contributed by atoms with E-state index in [0.29, 0.717) is 11.6 Å². The van der Waals surface area contributed by atoms with Crippen LogP contribution in [-0.2, 0) is 23.9 Å². The number of aromatic hydroxyl groups is 1. The first-order chi connectivity index (χ1) is 13.7. The molecule has 8 heteroatoms. The van der Waals surface area contributed by atoms with Gasteiger partial charge in [0.2, 0.25) is 0 Å². The second-order valence-electron chi connectivity index (χ2n) is 7.80. The van der Waals surface area contributed by atoms with E-state index in [1.807, 2.05) is 13.0 Å². The van der Waals surface area contributed by atoms with Crippen LogP contribution in [-0.4, -0.2) is 47.5 Å². The first-order valence-electron chi connectivity index (χ1n) is 9.63. The molecule has 0 spiro atoms. The van der Waals surface area contributed by atoms with Crippen LogP contribution >= 0.6 is 0 Å². The lowest BCUT2D eigenvalue weighted by Crippen LogP contribution is -2.33. The minimum Gasteiger partial charge on any atom is -0.507 e. The highest BCUT2D eigenvalue weighted by molar-refractivity contribution is 5.73. The number of methoxy groups -OCH3 is 1. The predicted molar refractivity (Wildman–Crippen MR) is 104 cm³/mol. The number of ether oxygens (including phenoxy) is 1. The Morgan fingerprint density at radius 3 is 2.62 bits per heavy atom. The summed E-state index contributed by atoms with van der Waals surface area (Å²) in [6.45, 7) is 3.87. The molecule has 1 atom stereocenters. The maximum absolute atomic E-state index is 13.1. The number of phenolic OH excluding ortho intramolecular Hbond substituents is 1. The molecule has 0 aliphatic carbocycles. The van der Waals surface area contributed by atoms with Gasteiger partial charge in [-0.2, -0.15) is 18.3 Å². The zero-order chi connectivity index (χ0) is 21.2. The van der Waals surface area contributed by atoms with Gasteiger partial charge in [-0.05, 0) is 75.0 Å². The molecular weight excluding hydrogens is 383 g/mol. The van der Waals surface area contributed by atoms with Gasteiger partial charge in [0.05, 0.1) is 23.6 Å². The highest BCUT2D eigenvalue weighted by atomic mass is 19.4. The van der Waals surface area contributed by atoms with Crippen molar-refractivity contribution in [3.8, 4) is 17.0 Å². The number of aromatic nitrogens is 2. The largest absolute Gasteiger partial charge is 0.507 e. The molecule has 0 radical (unpaired) electrons. The van der Waals surface area contributed by atoms with Gasteiger partial charge in [0.15, 0.2) is 0 Å². The number of nitrogens with zero attached hydrogens (tertiary/aromatic N) is 3. The number of hydrogen-bond acceptors (Lipinski definition) is 5. The highest BCUT2D eigenvalue weighted by Gasteiger charge is 2.33. The smallest absolute Gasteiger partial charge is 0.416 e. The van der Waals surface area contributed by atoms with Gasteiger partial charge >= 0.3 is 6.18 Å². The number of aryl methyl sites for hydroxylation is 1. The molecule has 2 heterocycles. The molecule has 1 N–H and O–H groups in total. The number of benzene rings is 1. The van der Waals surface area contributed by atoms with Crippen molar-refractivity contribution in [1.82, 2.24) is 15.1 Å². The standard InChI is InChI=1S/C21H26F3N3O2/c1-13-7-17(8-14-5-4-6-27(2)11-14)25-26-20(13)19-15(12-29-3)9-16(10-18(19)28)21(22,23)24/h7,9-10,14,28H,4-6,8,11-12H2,1-3H3/t14-/m0/s1. The zero-order valence-electron chi connectivity index (χ0n) is 16.9. The van der Waals surface area contributed by atoms with Gasteiger partial charge in [0, 0.05) is 19.2 Å². The van der Waals surface area contributed by atoms with Gasteiger partial charge in [-0.15, -0.1) is 5.10 Å². The van der Waals surface area contributed by atoms with Crippen LogP contribution in [0.25, 0.3) is 11.3 Å². The van der Waals surface area contributed by atoms with E-state index < -0.39 is 17.5 Å². The fourth-order valence-electron chi connectivity index (χ4n) is 4.01. The quantitative estimate of drug-likeness (QED) is 0.802. The maximum Gasteiger partial charge on any atom is 0.416 e. The summed E-state index contributed by atoms with van der Waals surface area (Å²) < 4.78 is 44.4. The normalized spacial score (nSPS) is 18.2. The van der Waals surface area contributed by atoms with Crippen LogP contribution in [0.2, 0.25) is 0 Å². The number of alkyl halides is 3. The average molecular weight is 409 g/mol. The molecule has 158 valence electrons. The summed E-state index contributed by atoms with van der Waals surface area (Å²) >= 11 is 0. The van der Waals surface area contributed by atoms with E-state index in [2.05, 4.69) is 22.1 Å². The number of phenols is 1. The lowest BCUT2D eigenvalue weighted by atomic mass is 9.92. The van der Waals surface area contributed by atoms with Crippen LogP contribution in [0.3, 0.4) is 0 Å². The fraction of sp³-hybridized carbons (Fsp3) is 0.524. The molecule has 1 aliphatic rings. The second-order valence-corrected chi connectivity index (χ2v) is 7.80. The Balaban J connectivity index is 1.93. The summed E-state index contributed by atoms with van der Waals surface area (Å²) in [6, 6.07) is 3.62. The van der Waals surface area contributed by atoms with Crippen LogP contribution < -0.4 is 0 Å². The molecule has 5 nitrogen and oxygen atoms in total. The fourth-order valence-corrected chi connectivity index (χ4v) is 4.01. The third-order valence-corrected chi connectivity index (χ3v) is 5.32. The molecule has 0 bridgehead atoms. The van der Waals surface area contributed by atoms with E-state index in [-0.39, 0.29) is 17.7 Å². The van der Waals surface area contributed by atoms with Crippen molar-refractivity contribution in [2.75, 3.05) is 27.2 Å². The third kappa shape index (κ3) is 5.05.